The zero-order chi connectivity index (χ0) is 20.7. The molecule has 2 aliphatic rings. The molecule has 152 valence electrons. The number of carbonyl (C=O) groups excluding carboxylic acids is 2. The number of fused-ring (bicyclic) bond motifs is 1. The van der Waals surface area contributed by atoms with Crippen molar-refractivity contribution in [1.29, 1.82) is 0 Å². The summed E-state index contributed by atoms with van der Waals surface area (Å²) in [6, 6.07) is 13.1. The van der Waals surface area contributed by atoms with E-state index in [2.05, 4.69) is 16.4 Å². The van der Waals surface area contributed by atoms with E-state index in [4.69, 9.17) is 4.74 Å². The summed E-state index contributed by atoms with van der Waals surface area (Å²) in [7, 11) is 1.57. The van der Waals surface area contributed by atoms with E-state index in [-0.39, 0.29) is 17.7 Å². The van der Waals surface area contributed by atoms with Gasteiger partial charge in [-0.15, -0.1) is 11.3 Å². The third-order valence-electron chi connectivity index (χ3n) is 5.52. The number of thiazole rings is 1. The predicted octanol–water partition coefficient (Wildman–Crippen LogP) is 4.37. The maximum atomic E-state index is 12.5. The molecular weight excluding hydrogens is 398 g/mol. The molecule has 0 saturated heterocycles. The van der Waals surface area contributed by atoms with Gasteiger partial charge in [0.1, 0.15) is 5.75 Å². The van der Waals surface area contributed by atoms with Crippen LogP contribution in [0.25, 0.3) is 11.3 Å². The molecule has 7 heteroatoms. The Morgan fingerprint density at radius 3 is 2.87 bits per heavy atom. The predicted molar refractivity (Wildman–Crippen MR) is 117 cm³/mol. The Bertz CT molecular complexity index is 1140. The number of aromatic nitrogens is 1. The number of nitrogens with zero attached hydrogens (tertiary/aromatic N) is 2. The lowest BCUT2D eigenvalue weighted by Crippen LogP contribution is -2.30. The van der Waals surface area contributed by atoms with E-state index < -0.39 is 0 Å². The number of nitrogens with one attached hydrogen (secondary N) is 1. The molecule has 1 aliphatic carbocycles. The molecule has 2 aromatic carbocycles. The van der Waals surface area contributed by atoms with Crippen LogP contribution in [0.2, 0.25) is 0 Å². The highest BCUT2D eigenvalue weighted by Gasteiger charge is 2.36. The number of methoxy groups -OCH3 is 1. The minimum atomic E-state index is -0.224. The highest BCUT2D eigenvalue weighted by Crippen LogP contribution is 2.38. The number of ether oxygens (including phenoxy) is 1. The average Bonchev–Trinajstić information content (AvgIpc) is 3.38. The quantitative estimate of drug-likeness (QED) is 0.667. The van der Waals surface area contributed by atoms with Crippen molar-refractivity contribution in [3.05, 3.63) is 59.0 Å². The molecule has 0 radical (unpaired) electrons. The van der Waals surface area contributed by atoms with Crippen molar-refractivity contribution in [2.45, 2.75) is 19.3 Å². The Kier molecular flexibility index (Phi) is 4.75. The first-order valence-corrected chi connectivity index (χ1v) is 10.9. The molecular formula is C23H21N3O3S. The zero-order valence-electron chi connectivity index (χ0n) is 16.6. The van der Waals surface area contributed by atoms with Crippen molar-refractivity contribution in [3.8, 4) is 17.0 Å². The molecule has 1 aliphatic heterocycles. The van der Waals surface area contributed by atoms with Crippen LogP contribution in [-0.4, -0.2) is 30.5 Å². The molecule has 0 spiro atoms. The first kappa shape index (κ1) is 18.8. The second kappa shape index (κ2) is 7.57. The first-order valence-electron chi connectivity index (χ1n) is 9.98. The van der Waals surface area contributed by atoms with Gasteiger partial charge in [0.25, 0.3) is 5.91 Å². The third kappa shape index (κ3) is 3.57. The summed E-state index contributed by atoms with van der Waals surface area (Å²) in [6.07, 6.45) is 2.91. The monoisotopic (exact) mass is 419 g/mol. The van der Waals surface area contributed by atoms with Gasteiger partial charge < -0.3 is 9.64 Å². The maximum absolute atomic E-state index is 12.5. The molecule has 1 N–H and O–H groups in total. The van der Waals surface area contributed by atoms with Crippen LogP contribution in [0, 0.1) is 5.92 Å². The van der Waals surface area contributed by atoms with Crippen molar-refractivity contribution in [1.82, 2.24) is 4.98 Å². The van der Waals surface area contributed by atoms with E-state index in [1.807, 2.05) is 22.4 Å². The van der Waals surface area contributed by atoms with Crippen LogP contribution >= 0.6 is 11.3 Å². The molecule has 1 fully saturated rings. The highest BCUT2D eigenvalue weighted by atomic mass is 32.1. The summed E-state index contributed by atoms with van der Waals surface area (Å²) in [4.78, 5) is 31.5. The van der Waals surface area contributed by atoms with Crippen molar-refractivity contribution >= 4 is 34.0 Å². The molecule has 6 nitrogen and oxygen atoms in total. The largest absolute Gasteiger partial charge is 0.497 e. The Balaban J connectivity index is 1.32. The van der Waals surface area contributed by atoms with E-state index in [9.17, 15) is 9.59 Å². The summed E-state index contributed by atoms with van der Waals surface area (Å²) in [5, 5.41) is 5.33. The van der Waals surface area contributed by atoms with Crippen molar-refractivity contribution < 1.29 is 14.3 Å². The van der Waals surface area contributed by atoms with Gasteiger partial charge in [0.2, 0.25) is 5.91 Å². The number of carbonyl (C=O) groups is 2. The van der Waals surface area contributed by atoms with Gasteiger partial charge in [-0.05, 0) is 55.2 Å². The van der Waals surface area contributed by atoms with E-state index in [0.29, 0.717) is 16.4 Å². The SMILES string of the molecule is COc1cccc(C(=O)Nc2nc(-c3ccc4c(c3)CCN4C(=O)C3CC3)cs2)c1. The normalized spacial score (nSPS) is 15.0. The summed E-state index contributed by atoms with van der Waals surface area (Å²) < 4.78 is 5.17. The Morgan fingerprint density at radius 1 is 1.20 bits per heavy atom. The second-order valence-corrected chi connectivity index (χ2v) is 8.44. The van der Waals surface area contributed by atoms with Crippen LogP contribution < -0.4 is 15.0 Å². The zero-order valence-corrected chi connectivity index (χ0v) is 17.4. The summed E-state index contributed by atoms with van der Waals surface area (Å²) >= 11 is 1.39. The smallest absolute Gasteiger partial charge is 0.257 e. The van der Waals surface area contributed by atoms with Crippen LogP contribution in [0.1, 0.15) is 28.8 Å². The van der Waals surface area contributed by atoms with E-state index in [1.165, 1.54) is 16.9 Å². The van der Waals surface area contributed by atoms with Gasteiger partial charge in [-0.3, -0.25) is 14.9 Å². The van der Waals surface area contributed by atoms with Gasteiger partial charge in [-0.2, -0.15) is 0 Å². The molecule has 2 amide bonds. The first-order chi connectivity index (χ1) is 14.6. The fourth-order valence-electron chi connectivity index (χ4n) is 3.74. The minimum absolute atomic E-state index is 0.224. The topological polar surface area (TPSA) is 71.5 Å². The lowest BCUT2D eigenvalue weighted by molar-refractivity contribution is -0.119. The van der Waals surface area contributed by atoms with Crippen LogP contribution in [-0.2, 0) is 11.2 Å². The number of benzene rings is 2. The van der Waals surface area contributed by atoms with Gasteiger partial charge in [0, 0.05) is 34.7 Å². The Hall–Kier alpha value is -3.19. The van der Waals surface area contributed by atoms with Gasteiger partial charge in [-0.1, -0.05) is 12.1 Å². The molecule has 1 aromatic heterocycles. The van der Waals surface area contributed by atoms with Crippen molar-refractivity contribution in [3.63, 3.8) is 0 Å². The van der Waals surface area contributed by atoms with Crippen LogP contribution in [0.5, 0.6) is 5.75 Å². The second-order valence-electron chi connectivity index (χ2n) is 7.58. The molecule has 0 unspecified atom stereocenters. The molecule has 3 aromatic rings. The number of hydrogen-bond acceptors (Lipinski definition) is 5. The molecule has 5 rings (SSSR count). The molecule has 30 heavy (non-hydrogen) atoms. The van der Waals surface area contributed by atoms with Gasteiger partial charge in [0.05, 0.1) is 12.8 Å². The average molecular weight is 420 g/mol. The van der Waals surface area contributed by atoms with E-state index in [1.54, 1.807) is 31.4 Å². The summed E-state index contributed by atoms with van der Waals surface area (Å²) in [5.74, 6) is 0.899. The van der Waals surface area contributed by atoms with E-state index >= 15 is 0 Å². The Labute approximate surface area is 178 Å². The molecule has 2 heterocycles. The van der Waals surface area contributed by atoms with Crippen LogP contribution in [0.3, 0.4) is 0 Å². The van der Waals surface area contributed by atoms with E-state index in [0.717, 1.165) is 42.8 Å². The summed E-state index contributed by atoms with van der Waals surface area (Å²) in [6.45, 7) is 0.757. The standard InChI is InChI=1S/C23H21N3O3S/c1-29-18-4-2-3-17(12-18)21(27)25-23-24-19(13-30-23)15-7-8-20-16(11-15)9-10-26(20)22(28)14-5-6-14/h2-4,7-8,11-14H,5-6,9-10H2,1H3,(H,24,25,27). The number of hydrogen-bond donors (Lipinski definition) is 1. The highest BCUT2D eigenvalue weighted by molar-refractivity contribution is 7.14. The van der Waals surface area contributed by atoms with Crippen LogP contribution in [0.15, 0.2) is 47.8 Å². The lowest BCUT2D eigenvalue weighted by Gasteiger charge is -2.17. The summed E-state index contributed by atoms with van der Waals surface area (Å²) in [5.41, 5.74) is 4.53. The fraction of sp³-hybridized carbons (Fsp3) is 0.261. The Morgan fingerprint density at radius 2 is 2.07 bits per heavy atom. The number of amides is 2. The van der Waals surface area contributed by atoms with Gasteiger partial charge in [0.15, 0.2) is 5.13 Å². The maximum Gasteiger partial charge on any atom is 0.257 e. The van der Waals surface area contributed by atoms with Crippen molar-refractivity contribution in [2.24, 2.45) is 5.92 Å². The van der Waals surface area contributed by atoms with Gasteiger partial charge in [-0.25, -0.2) is 4.98 Å². The molecule has 1 saturated carbocycles. The van der Waals surface area contributed by atoms with Crippen molar-refractivity contribution in [2.75, 3.05) is 23.9 Å². The van der Waals surface area contributed by atoms with Gasteiger partial charge >= 0.3 is 0 Å². The third-order valence-corrected chi connectivity index (χ3v) is 6.28. The van der Waals surface area contributed by atoms with Crippen LogP contribution in [0.4, 0.5) is 10.8 Å². The number of rotatable bonds is 5. The number of anilines is 2. The molecule has 0 atom stereocenters. The fourth-order valence-corrected chi connectivity index (χ4v) is 4.45. The molecule has 0 bridgehead atoms. The minimum Gasteiger partial charge on any atom is -0.497 e. The lowest BCUT2D eigenvalue weighted by atomic mass is 10.1.